The predicted octanol–water partition coefficient (Wildman–Crippen LogP) is 7.88. The Morgan fingerprint density at radius 1 is 0.893 bits per heavy atom. The van der Waals surface area contributed by atoms with E-state index in [1.165, 1.54) is 32.1 Å². The lowest BCUT2D eigenvalue weighted by Crippen LogP contribution is -2.28. The zero-order valence-corrected chi connectivity index (χ0v) is 18.0. The summed E-state index contributed by atoms with van der Waals surface area (Å²) >= 11 is 0. The van der Waals surface area contributed by atoms with Crippen molar-refractivity contribution in [2.24, 2.45) is 23.7 Å². The van der Waals surface area contributed by atoms with Crippen molar-refractivity contribution in [2.45, 2.75) is 90.9 Å². The van der Waals surface area contributed by atoms with Gasteiger partial charge >= 0.3 is 0 Å². The minimum absolute atomic E-state index is 0.0492. The van der Waals surface area contributed by atoms with Gasteiger partial charge in [0.15, 0.2) is 11.6 Å². The van der Waals surface area contributed by atoms with Gasteiger partial charge in [0.05, 0.1) is 6.61 Å². The van der Waals surface area contributed by atoms with Gasteiger partial charge in [0.1, 0.15) is 0 Å². The van der Waals surface area contributed by atoms with Crippen molar-refractivity contribution in [3.8, 4) is 5.75 Å². The Labute approximate surface area is 170 Å². The van der Waals surface area contributed by atoms with Crippen LogP contribution in [-0.4, -0.2) is 6.61 Å². The minimum atomic E-state index is -0.811. The molecule has 2 fully saturated rings. The second-order valence-electron chi connectivity index (χ2n) is 9.29. The number of hydrogen-bond acceptors (Lipinski definition) is 1. The average Bonchev–Trinajstić information content (AvgIpc) is 2.74. The van der Waals surface area contributed by atoms with Crippen molar-refractivity contribution >= 4 is 0 Å². The first-order valence-electron chi connectivity index (χ1n) is 11.7. The third-order valence-corrected chi connectivity index (χ3v) is 7.71. The van der Waals surface area contributed by atoms with E-state index >= 15 is 0 Å². The van der Waals surface area contributed by atoms with Crippen LogP contribution in [0.4, 0.5) is 8.78 Å². The van der Waals surface area contributed by atoms with Gasteiger partial charge in [-0.1, -0.05) is 46.1 Å². The molecule has 2 aliphatic rings. The fourth-order valence-corrected chi connectivity index (χ4v) is 5.65. The summed E-state index contributed by atoms with van der Waals surface area (Å²) in [6, 6.07) is 3.37. The maximum Gasteiger partial charge on any atom is 0.200 e. The first kappa shape index (κ1) is 21.6. The molecule has 28 heavy (non-hydrogen) atoms. The van der Waals surface area contributed by atoms with Crippen LogP contribution in [0.5, 0.6) is 5.75 Å². The van der Waals surface area contributed by atoms with Crippen LogP contribution in [-0.2, 0) is 0 Å². The van der Waals surface area contributed by atoms with Gasteiger partial charge in [0.25, 0.3) is 0 Å². The van der Waals surface area contributed by atoms with Gasteiger partial charge in [-0.05, 0) is 86.2 Å². The van der Waals surface area contributed by atoms with Crippen LogP contribution >= 0.6 is 0 Å². The molecule has 1 aromatic carbocycles. The summed E-state index contributed by atoms with van der Waals surface area (Å²) in [5.74, 6) is 2.03. The van der Waals surface area contributed by atoms with E-state index in [-0.39, 0.29) is 11.7 Å². The molecule has 0 heterocycles. The fraction of sp³-hybridized carbons (Fsp3) is 0.760. The summed E-state index contributed by atoms with van der Waals surface area (Å²) in [6.07, 6.45) is 11.9. The van der Waals surface area contributed by atoms with Gasteiger partial charge in [-0.2, -0.15) is 4.39 Å². The van der Waals surface area contributed by atoms with Crippen LogP contribution in [0.1, 0.15) is 96.5 Å². The molecule has 0 saturated heterocycles. The molecule has 1 nitrogen and oxygen atoms in total. The summed E-state index contributed by atoms with van der Waals surface area (Å²) in [4.78, 5) is 0. The number of rotatable bonds is 7. The van der Waals surface area contributed by atoms with Crippen LogP contribution in [0.3, 0.4) is 0 Å². The summed E-state index contributed by atoms with van der Waals surface area (Å²) in [5, 5.41) is 0. The number of benzene rings is 1. The molecule has 1 aromatic rings. The topological polar surface area (TPSA) is 9.23 Å². The van der Waals surface area contributed by atoms with Crippen molar-refractivity contribution in [1.82, 2.24) is 0 Å². The van der Waals surface area contributed by atoms with Crippen LogP contribution in [0.25, 0.3) is 0 Å². The Morgan fingerprint density at radius 2 is 1.50 bits per heavy atom. The van der Waals surface area contributed by atoms with E-state index < -0.39 is 11.6 Å². The van der Waals surface area contributed by atoms with Crippen molar-refractivity contribution in [3.05, 3.63) is 29.3 Å². The highest BCUT2D eigenvalue weighted by Gasteiger charge is 2.33. The zero-order chi connectivity index (χ0) is 20.1. The van der Waals surface area contributed by atoms with Crippen LogP contribution in [0.2, 0.25) is 0 Å². The molecule has 0 radical (unpaired) electrons. The number of ether oxygens (including phenoxy) is 1. The highest BCUT2D eigenvalue weighted by molar-refractivity contribution is 5.33. The number of hydrogen-bond donors (Lipinski definition) is 0. The van der Waals surface area contributed by atoms with E-state index in [2.05, 4.69) is 13.8 Å². The largest absolute Gasteiger partial charge is 0.490 e. The van der Waals surface area contributed by atoms with Gasteiger partial charge in [-0.15, -0.1) is 0 Å². The molecule has 3 rings (SSSR count). The molecule has 0 bridgehead atoms. The van der Waals surface area contributed by atoms with E-state index in [0.717, 1.165) is 55.8 Å². The van der Waals surface area contributed by atoms with E-state index in [4.69, 9.17) is 4.74 Å². The lowest BCUT2D eigenvalue weighted by atomic mass is 9.66. The molecule has 1 atom stereocenters. The lowest BCUT2D eigenvalue weighted by molar-refractivity contribution is 0.133. The summed E-state index contributed by atoms with van der Waals surface area (Å²) < 4.78 is 34.3. The SMILES string of the molecule is CCCOc1ccc([C@H]2CC[C@H](C(C)C3CCC(CC)CC3)CC2)c(F)c1F. The minimum Gasteiger partial charge on any atom is -0.490 e. The maximum absolute atomic E-state index is 14.6. The van der Waals surface area contributed by atoms with E-state index in [1.54, 1.807) is 12.1 Å². The van der Waals surface area contributed by atoms with E-state index in [0.29, 0.717) is 12.2 Å². The average molecular weight is 393 g/mol. The Kier molecular flexibility index (Phi) is 7.77. The summed E-state index contributed by atoms with van der Waals surface area (Å²) in [7, 11) is 0. The second-order valence-corrected chi connectivity index (χ2v) is 9.29. The second kappa shape index (κ2) is 10.1. The van der Waals surface area contributed by atoms with Crippen LogP contribution in [0.15, 0.2) is 12.1 Å². The third-order valence-electron chi connectivity index (χ3n) is 7.71. The highest BCUT2D eigenvalue weighted by atomic mass is 19.2. The first-order valence-corrected chi connectivity index (χ1v) is 11.7. The predicted molar refractivity (Wildman–Crippen MR) is 112 cm³/mol. The molecule has 0 amide bonds. The number of halogens is 2. The van der Waals surface area contributed by atoms with Crippen molar-refractivity contribution < 1.29 is 13.5 Å². The first-order chi connectivity index (χ1) is 13.5. The molecule has 0 N–H and O–H groups in total. The normalized spacial score (nSPS) is 29.5. The smallest absolute Gasteiger partial charge is 0.200 e. The van der Waals surface area contributed by atoms with Gasteiger partial charge in [-0.25, -0.2) is 4.39 Å². The van der Waals surface area contributed by atoms with Crippen LogP contribution in [0, 0.1) is 35.3 Å². The Hall–Kier alpha value is -1.12. The van der Waals surface area contributed by atoms with E-state index in [1.807, 2.05) is 6.92 Å². The standard InChI is InChI=1S/C25H38F2O/c1-4-16-28-23-15-14-22(24(26)25(23)27)21-12-10-20(11-13-21)17(3)19-8-6-18(5-2)7-9-19/h14-15,17-21H,4-13,16H2,1-3H3/t17?,18?,19?,20-,21-. The van der Waals surface area contributed by atoms with Gasteiger partial charge in [0.2, 0.25) is 5.82 Å². The molecule has 1 unspecified atom stereocenters. The van der Waals surface area contributed by atoms with Gasteiger partial charge in [-0.3, -0.25) is 0 Å². The fourth-order valence-electron chi connectivity index (χ4n) is 5.65. The lowest BCUT2D eigenvalue weighted by Gasteiger charge is -2.39. The van der Waals surface area contributed by atoms with Gasteiger partial charge in [0, 0.05) is 0 Å². The quantitative estimate of drug-likeness (QED) is 0.458. The molecular formula is C25H38F2O. The zero-order valence-electron chi connectivity index (χ0n) is 18.0. The Morgan fingerprint density at radius 3 is 2.07 bits per heavy atom. The Balaban J connectivity index is 1.56. The summed E-state index contributed by atoms with van der Waals surface area (Å²) in [6.45, 7) is 7.14. The van der Waals surface area contributed by atoms with Gasteiger partial charge < -0.3 is 4.74 Å². The molecule has 2 aliphatic carbocycles. The van der Waals surface area contributed by atoms with E-state index in [9.17, 15) is 8.78 Å². The van der Waals surface area contributed by atoms with Crippen molar-refractivity contribution in [2.75, 3.05) is 6.61 Å². The summed E-state index contributed by atoms with van der Waals surface area (Å²) in [5.41, 5.74) is 0.552. The van der Waals surface area contributed by atoms with Crippen molar-refractivity contribution in [1.29, 1.82) is 0 Å². The molecule has 0 aromatic heterocycles. The van der Waals surface area contributed by atoms with Crippen molar-refractivity contribution in [3.63, 3.8) is 0 Å². The molecular weight excluding hydrogens is 354 g/mol. The third kappa shape index (κ3) is 4.89. The molecule has 3 heteroatoms. The molecule has 0 spiro atoms. The molecule has 2 saturated carbocycles. The monoisotopic (exact) mass is 392 g/mol. The Bertz CT molecular complexity index is 613. The molecule has 158 valence electrons. The molecule has 0 aliphatic heterocycles. The van der Waals surface area contributed by atoms with Crippen LogP contribution < -0.4 is 4.74 Å². The maximum atomic E-state index is 14.6. The highest BCUT2D eigenvalue weighted by Crippen LogP contribution is 2.45.